The Morgan fingerprint density at radius 2 is 1.00 bits per heavy atom. The monoisotopic (exact) mass is 454 g/mol. The van der Waals surface area contributed by atoms with Crippen molar-refractivity contribution < 1.29 is 60.0 Å². The van der Waals surface area contributed by atoms with Gasteiger partial charge in [0.1, 0.15) is 48.8 Å². The van der Waals surface area contributed by atoms with E-state index in [9.17, 15) is 30.6 Å². The van der Waals surface area contributed by atoms with Crippen molar-refractivity contribution in [3.63, 3.8) is 0 Å². The van der Waals surface area contributed by atoms with Gasteiger partial charge in [-0.05, 0) is 13.8 Å². The fraction of sp³-hybridized carbons (Fsp3) is 0.882. The van der Waals surface area contributed by atoms with E-state index in [0.29, 0.717) is 11.4 Å². The van der Waals surface area contributed by atoms with E-state index in [-0.39, 0.29) is 6.42 Å². The summed E-state index contributed by atoms with van der Waals surface area (Å²) < 4.78 is 10.3. The third-order valence-electron chi connectivity index (χ3n) is 4.83. The Labute approximate surface area is 177 Å². The van der Waals surface area contributed by atoms with Crippen LogP contribution in [0.25, 0.3) is 0 Å². The first kappa shape index (κ1) is 25.8. The topological polar surface area (TPSA) is 223 Å². The highest BCUT2D eigenvalue weighted by atomic mass is 16.8. The molecule has 8 N–H and O–H groups in total. The van der Waals surface area contributed by atoms with Crippen LogP contribution in [0.15, 0.2) is 10.3 Å². The van der Waals surface area contributed by atoms with Crippen molar-refractivity contribution in [2.24, 2.45) is 10.3 Å². The number of hydrogen-bond acceptors (Lipinski definition) is 14. The van der Waals surface area contributed by atoms with E-state index in [2.05, 4.69) is 10.3 Å². The minimum Gasteiger partial charge on any atom is -0.394 e. The van der Waals surface area contributed by atoms with Crippen molar-refractivity contribution in [2.45, 2.75) is 81.7 Å². The van der Waals surface area contributed by atoms with Crippen molar-refractivity contribution >= 4 is 11.4 Å². The van der Waals surface area contributed by atoms with Crippen LogP contribution in [-0.2, 0) is 19.1 Å². The van der Waals surface area contributed by atoms with E-state index in [4.69, 9.17) is 29.4 Å². The molecule has 0 unspecified atom stereocenters. The molecule has 180 valence electrons. The maximum Gasteiger partial charge on any atom is 0.256 e. The third kappa shape index (κ3) is 6.29. The van der Waals surface area contributed by atoms with E-state index >= 15 is 0 Å². The number of ether oxygens (including phenoxy) is 2. The van der Waals surface area contributed by atoms with Gasteiger partial charge >= 0.3 is 0 Å². The SMILES string of the molecule is C/C(C/C(C)=N/O[C@@H]1O[C@H](CO)[C@H](O)[C@H](O)[C@H]1O)=N\O[C@@H]1O[C@H](CO)[C@H](O)[C@H](O)[C@H]1O. The molecule has 31 heavy (non-hydrogen) atoms. The summed E-state index contributed by atoms with van der Waals surface area (Å²) >= 11 is 0. The number of aliphatic hydroxyl groups is 8. The van der Waals surface area contributed by atoms with Crippen LogP contribution < -0.4 is 0 Å². The van der Waals surface area contributed by atoms with Crippen LogP contribution >= 0.6 is 0 Å². The van der Waals surface area contributed by atoms with Crippen LogP contribution in [-0.4, -0.2) is 127 Å². The summed E-state index contributed by atoms with van der Waals surface area (Å²) in [4.78, 5) is 10.1. The Bertz CT molecular complexity index is 578. The third-order valence-corrected chi connectivity index (χ3v) is 4.83. The van der Waals surface area contributed by atoms with Crippen LogP contribution in [0.1, 0.15) is 20.3 Å². The highest BCUT2D eigenvalue weighted by molar-refractivity contribution is 6.01. The average Bonchev–Trinajstić information content (AvgIpc) is 2.75. The first-order chi connectivity index (χ1) is 14.6. The number of oxime groups is 2. The van der Waals surface area contributed by atoms with Gasteiger partial charge in [-0.15, -0.1) is 0 Å². The molecule has 2 aliphatic rings. The van der Waals surface area contributed by atoms with Crippen molar-refractivity contribution in [1.29, 1.82) is 0 Å². The van der Waals surface area contributed by atoms with Crippen LogP contribution in [0, 0.1) is 0 Å². The molecule has 0 aromatic heterocycles. The molecule has 2 fully saturated rings. The first-order valence-electron chi connectivity index (χ1n) is 9.60. The van der Waals surface area contributed by atoms with E-state index < -0.39 is 74.6 Å². The molecular weight excluding hydrogens is 424 g/mol. The van der Waals surface area contributed by atoms with Crippen LogP contribution in [0.4, 0.5) is 0 Å². The van der Waals surface area contributed by atoms with Gasteiger partial charge in [0.25, 0.3) is 12.6 Å². The minimum atomic E-state index is -1.60. The van der Waals surface area contributed by atoms with Crippen molar-refractivity contribution in [1.82, 2.24) is 0 Å². The lowest BCUT2D eigenvalue weighted by atomic mass is 9.99. The summed E-state index contributed by atoms with van der Waals surface area (Å²) in [5.74, 6) is 0. The van der Waals surface area contributed by atoms with E-state index in [1.807, 2.05) is 0 Å². The molecule has 2 saturated heterocycles. The van der Waals surface area contributed by atoms with E-state index in [1.165, 1.54) is 0 Å². The van der Waals surface area contributed by atoms with Crippen molar-refractivity contribution in [2.75, 3.05) is 13.2 Å². The van der Waals surface area contributed by atoms with Crippen molar-refractivity contribution in [3.8, 4) is 0 Å². The second-order valence-electron chi connectivity index (χ2n) is 7.44. The molecule has 0 aromatic rings. The average molecular weight is 454 g/mol. The molecular formula is C17H30N2O12. The summed E-state index contributed by atoms with van der Waals surface area (Å²) in [6.45, 7) is 1.90. The molecule has 2 rings (SSSR count). The molecule has 14 nitrogen and oxygen atoms in total. The van der Waals surface area contributed by atoms with Crippen LogP contribution in [0.5, 0.6) is 0 Å². The Kier molecular flexibility index (Phi) is 9.50. The zero-order valence-electron chi connectivity index (χ0n) is 17.0. The van der Waals surface area contributed by atoms with E-state index in [1.54, 1.807) is 13.8 Å². The Morgan fingerprint density at radius 1 is 0.645 bits per heavy atom. The molecule has 10 atom stereocenters. The maximum absolute atomic E-state index is 9.90. The van der Waals surface area contributed by atoms with Crippen LogP contribution in [0.2, 0.25) is 0 Å². The zero-order chi connectivity index (χ0) is 23.3. The fourth-order valence-corrected chi connectivity index (χ4v) is 3.03. The van der Waals surface area contributed by atoms with E-state index in [0.717, 1.165) is 0 Å². The summed E-state index contributed by atoms with van der Waals surface area (Å²) in [6, 6.07) is 0. The molecule has 2 aliphatic heterocycles. The molecule has 0 radical (unpaired) electrons. The Morgan fingerprint density at radius 3 is 1.32 bits per heavy atom. The predicted molar refractivity (Wildman–Crippen MR) is 101 cm³/mol. The van der Waals surface area contributed by atoms with Gasteiger partial charge in [-0.2, -0.15) is 0 Å². The molecule has 0 aliphatic carbocycles. The standard InChI is InChI=1S/C17H30N2O12/c1-6(18-30-16-14(26)12(24)10(22)8(4-20)28-16)3-7(2)19-31-17-15(27)13(25)11(23)9(5-21)29-17/h8-17,20-27H,3-5H2,1-2H3/b18-6+,19-7+/t8-,9-,10+,11+,12+,13+,14-,15-,16+,17+/m1/s1. The lowest BCUT2D eigenvalue weighted by Gasteiger charge is -2.38. The molecule has 14 heteroatoms. The highest BCUT2D eigenvalue weighted by Crippen LogP contribution is 2.23. The molecule has 0 saturated carbocycles. The smallest absolute Gasteiger partial charge is 0.256 e. The maximum atomic E-state index is 9.90. The lowest BCUT2D eigenvalue weighted by molar-refractivity contribution is -0.301. The van der Waals surface area contributed by atoms with Gasteiger partial charge in [-0.1, -0.05) is 10.3 Å². The minimum absolute atomic E-state index is 0.106. The summed E-state index contributed by atoms with van der Waals surface area (Å²) in [5, 5.41) is 84.6. The Hall–Kier alpha value is -1.46. The van der Waals surface area contributed by atoms with Gasteiger partial charge in [0.15, 0.2) is 0 Å². The van der Waals surface area contributed by atoms with Gasteiger partial charge in [0.2, 0.25) is 0 Å². The molecule has 0 bridgehead atoms. The van der Waals surface area contributed by atoms with Gasteiger partial charge in [0, 0.05) is 6.42 Å². The molecule has 0 amide bonds. The Balaban J connectivity index is 1.90. The number of rotatable bonds is 8. The number of nitrogens with zero attached hydrogens (tertiary/aromatic N) is 2. The van der Waals surface area contributed by atoms with Crippen LogP contribution in [0.3, 0.4) is 0 Å². The predicted octanol–water partition coefficient (Wildman–Crippen LogP) is -4.24. The number of aliphatic hydroxyl groups excluding tert-OH is 8. The largest absolute Gasteiger partial charge is 0.394 e. The molecule has 2 heterocycles. The quantitative estimate of drug-likeness (QED) is 0.129. The fourth-order valence-electron chi connectivity index (χ4n) is 3.03. The van der Waals surface area contributed by atoms with Gasteiger partial charge in [0.05, 0.1) is 24.6 Å². The summed E-state index contributed by atoms with van der Waals surface area (Å²) in [7, 11) is 0. The van der Waals surface area contributed by atoms with Gasteiger partial charge in [-0.25, -0.2) is 0 Å². The summed E-state index contributed by atoms with van der Waals surface area (Å²) in [5.41, 5.74) is 0.686. The molecule has 0 aromatic carbocycles. The number of hydrogen-bond donors (Lipinski definition) is 8. The van der Waals surface area contributed by atoms with Gasteiger partial charge in [-0.3, -0.25) is 0 Å². The first-order valence-corrected chi connectivity index (χ1v) is 9.60. The van der Waals surface area contributed by atoms with Gasteiger partial charge < -0.3 is 60.0 Å². The molecule has 0 spiro atoms. The van der Waals surface area contributed by atoms with Crippen molar-refractivity contribution in [3.05, 3.63) is 0 Å². The normalized spacial score (nSPS) is 42.4. The summed E-state index contributed by atoms with van der Waals surface area (Å²) in [6.07, 6.45) is -14.4. The second-order valence-corrected chi connectivity index (χ2v) is 7.44. The zero-order valence-corrected chi connectivity index (χ0v) is 17.0. The highest BCUT2D eigenvalue weighted by Gasteiger charge is 2.46. The second kappa shape index (κ2) is 11.4. The lowest BCUT2D eigenvalue weighted by Crippen LogP contribution is -2.58.